The van der Waals surface area contributed by atoms with E-state index in [0.29, 0.717) is 21.2 Å². The van der Waals surface area contributed by atoms with Gasteiger partial charge in [-0.3, -0.25) is 4.79 Å². The number of hydrogen-bond acceptors (Lipinski definition) is 2. The van der Waals surface area contributed by atoms with Crippen LogP contribution in [0, 0.1) is 0 Å². The Balaban J connectivity index is 2.48. The van der Waals surface area contributed by atoms with E-state index >= 15 is 0 Å². The third-order valence-electron chi connectivity index (χ3n) is 2.50. The van der Waals surface area contributed by atoms with E-state index in [-0.39, 0.29) is 11.6 Å². The number of hydrogen-bond donors (Lipinski definition) is 1. The van der Waals surface area contributed by atoms with E-state index in [1.54, 1.807) is 30.5 Å². The Morgan fingerprint density at radius 1 is 1.21 bits per heavy atom. The molecule has 0 atom stereocenters. The summed E-state index contributed by atoms with van der Waals surface area (Å²) < 4.78 is 0. The van der Waals surface area contributed by atoms with Crippen molar-refractivity contribution in [3.63, 3.8) is 0 Å². The number of carboxylic acids is 1. The first kappa shape index (κ1) is 14.1. The van der Waals surface area contributed by atoms with Gasteiger partial charge in [0, 0.05) is 32.9 Å². The van der Waals surface area contributed by atoms with Gasteiger partial charge in [-0.05, 0) is 18.2 Å². The molecule has 3 nitrogen and oxygen atoms in total. The summed E-state index contributed by atoms with van der Waals surface area (Å²) in [5.41, 5.74) is 1.86. The van der Waals surface area contributed by atoms with Crippen LogP contribution in [0.1, 0.15) is 5.56 Å². The fourth-order valence-electron chi connectivity index (χ4n) is 1.65. The number of aliphatic carboxylic acids is 1. The first-order valence-electron chi connectivity index (χ1n) is 5.29. The summed E-state index contributed by atoms with van der Waals surface area (Å²) >= 11 is 17.8. The first-order chi connectivity index (χ1) is 8.97. The van der Waals surface area contributed by atoms with Crippen molar-refractivity contribution >= 4 is 40.8 Å². The highest BCUT2D eigenvalue weighted by Crippen LogP contribution is 2.31. The molecule has 0 aliphatic carbocycles. The van der Waals surface area contributed by atoms with Gasteiger partial charge in [0.05, 0.1) is 6.42 Å². The van der Waals surface area contributed by atoms with Crippen molar-refractivity contribution in [3.8, 4) is 11.1 Å². The highest BCUT2D eigenvalue weighted by Gasteiger charge is 2.11. The molecule has 0 bridgehead atoms. The second-order valence-corrected chi connectivity index (χ2v) is 5.07. The molecule has 0 aliphatic rings. The summed E-state index contributed by atoms with van der Waals surface area (Å²) in [5, 5.41) is 9.99. The molecule has 1 aromatic carbocycles. The molecule has 98 valence electrons. The van der Waals surface area contributed by atoms with E-state index in [1.165, 1.54) is 0 Å². The third-order valence-corrected chi connectivity index (χ3v) is 3.38. The molecular weight excluding hydrogens is 309 g/mol. The van der Waals surface area contributed by atoms with Gasteiger partial charge in [0.15, 0.2) is 0 Å². The van der Waals surface area contributed by atoms with Crippen molar-refractivity contribution in [2.45, 2.75) is 6.42 Å². The minimum Gasteiger partial charge on any atom is -0.481 e. The zero-order valence-corrected chi connectivity index (χ0v) is 11.8. The quantitative estimate of drug-likeness (QED) is 0.857. The predicted molar refractivity (Wildman–Crippen MR) is 76.0 cm³/mol. The summed E-state index contributed by atoms with van der Waals surface area (Å²) in [6.07, 6.45) is 1.35. The number of carboxylic acid groups (broad SMARTS) is 1. The van der Waals surface area contributed by atoms with Crippen LogP contribution in [0.2, 0.25) is 15.2 Å². The number of benzene rings is 1. The molecule has 0 saturated heterocycles. The number of pyridine rings is 1. The van der Waals surface area contributed by atoms with Gasteiger partial charge in [0.2, 0.25) is 0 Å². The van der Waals surface area contributed by atoms with E-state index in [4.69, 9.17) is 39.9 Å². The third kappa shape index (κ3) is 3.38. The second-order valence-electron chi connectivity index (χ2n) is 3.87. The molecule has 1 heterocycles. The fraction of sp³-hybridized carbons (Fsp3) is 0.0769. The van der Waals surface area contributed by atoms with Crippen molar-refractivity contribution in [1.82, 2.24) is 4.98 Å². The molecule has 6 heteroatoms. The van der Waals surface area contributed by atoms with Crippen molar-refractivity contribution in [3.05, 3.63) is 51.2 Å². The Morgan fingerprint density at radius 3 is 2.58 bits per heavy atom. The van der Waals surface area contributed by atoms with Crippen molar-refractivity contribution < 1.29 is 9.90 Å². The lowest BCUT2D eigenvalue weighted by atomic mass is 10.0. The largest absolute Gasteiger partial charge is 0.481 e. The molecule has 0 spiro atoms. The normalized spacial score (nSPS) is 10.5. The van der Waals surface area contributed by atoms with Gasteiger partial charge in [-0.15, -0.1) is 0 Å². The lowest BCUT2D eigenvalue weighted by Gasteiger charge is -2.07. The Labute approximate surface area is 124 Å². The fourth-order valence-corrected chi connectivity index (χ4v) is 2.34. The van der Waals surface area contributed by atoms with E-state index < -0.39 is 5.97 Å². The summed E-state index contributed by atoms with van der Waals surface area (Å²) in [4.78, 5) is 14.7. The summed E-state index contributed by atoms with van der Waals surface area (Å²) in [7, 11) is 0. The van der Waals surface area contributed by atoms with E-state index in [1.807, 2.05) is 0 Å². The lowest BCUT2D eigenvalue weighted by Crippen LogP contribution is -2.02. The molecule has 1 N–H and O–H groups in total. The second kappa shape index (κ2) is 5.78. The summed E-state index contributed by atoms with van der Waals surface area (Å²) in [5.74, 6) is -0.969. The minimum atomic E-state index is -0.969. The van der Waals surface area contributed by atoms with E-state index in [9.17, 15) is 4.79 Å². The van der Waals surface area contributed by atoms with Crippen molar-refractivity contribution in [1.29, 1.82) is 0 Å². The van der Waals surface area contributed by atoms with Crippen LogP contribution in [0.15, 0.2) is 30.5 Å². The summed E-state index contributed by atoms with van der Waals surface area (Å²) in [6, 6.07) is 6.73. The standard InChI is InChI=1S/C13H8Cl3NO2/c14-9-1-2-10(11(15)5-9)8-3-7(4-12(18)19)13(16)17-6-8/h1-3,5-6H,4H2,(H,18,19). The van der Waals surface area contributed by atoms with Crippen LogP contribution >= 0.6 is 34.8 Å². The zero-order chi connectivity index (χ0) is 14.0. The SMILES string of the molecule is O=C(O)Cc1cc(-c2ccc(Cl)cc2Cl)cnc1Cl. The molecule has 0 unspecified atom stereocenters. The maximum Gasteiger partial charge on any atom is 0.307 e. The Hall–Kier alpha value is -1.29. The molecule has 0 radical (unpaired) electrons. The summed E-state index contributed by atoms with van der Waals surface area (Å²) in [6.45, 7) is 0. The topological polar surface area (TPSA) is 50.2 Å². The van der Waals surface area contributed by atoms with E-state index in [0.717, 1.165) is 5.56 Å². The van der Waals surface area contributed by atoms with Gasteiger partial charge < -0.3 is 5.11 Å². The van der Waals surface area contributed by atoms with Crippen LogP contribution in [0.3, 0.4) is 0 Å². The monoisotopic (exact) mass is 315 g/mol. The predicted octanol–water partition coefficient (Wildman–Crippen LogP) is 4.34. The number of carbonyl (C=O) groups is 1. The number of nitrogens with zero attached hydrogens (tertiary/aromatic N) is 1. The number of halogens is 3. The average molecular weight is 317 g/mol. The first-order valence-corrected chi connectivity index (χ1v) is 6.42. The zero-order valence-electron chi connectivity index (χ0n) is 9.53. The highest BCUT2D eigenvalue weighted by atomic mass is 35.5. The molecule has 0 fully saturated rings. The van der Waals surface area contributed by atoms with Gasteiger partial charge in [0.1, 0.15) is 5.15 Å². The van der Waals surface area contributed by atoms with Crippen LogP contribution in [0.25, 0.3) is 11.1 Å². The van der Waals surface area contributed by atoms with Crippen LogP contribution in [-0.2, 0) is 11.2 Å². The van der Waals surface area contributed by atoms with Crippen LogP contribution in [0.5, 0.6) is 0 Å². The highest BCUT2D eigenvalue weighted by molar-refractivity contribution is 6.36. The van der Waals surface area contributed by atoms with Crippen LogP contribution in [-0.4, -0.2) is 16.1 Å². The molecule has 0 amide bonds. The van der Waals surface area contributed by atoms with Gasteiger partial charge in [-0.25, -0.2) is 4.98 Å². The Kier molecular flexibility index (Phi) is 4.30. The number of rotatable bonds is 3. The van der Waals surface area contributed by atoms with Gasteiger partial charge >= 0.3 is 5.97 Å². The smallest absolute Gasteiger partial charge is 0.307 e. The van der Waals surface area contributed by atoms with Crippen molar-refractivity contribution in [2.75, 3.05) is 0 Å². The molecule has 2 rings (SSSR count). The number of aromatic nitrogens is 1. The van der Waals surface area contributed by atoms with Gasteiger partial charge in [-0.2, -0.15) is 0 Å². The van der Waals surface area contributed by atoms with Gasteiger partial charge in [-0.1, -0.05) is 40.9 Å². The lowest BCUT2D eigenvalue weighted by molar-refractivity contribution is -0.136. The maximum absolute atomic E-state index is 10.8. The Morgan fingerprint density at radius 2 is 1.95 bits per heavy atom. The van der Waals surface area contributed by atoms with Gasteiger partial charge in [0.25, 0.3) is 0 Å². The minimum absolute atomic E-state index is 0.177. The average Bonchev–Trinajstić information content (AvgIpc) is 2.32. The molecule has 0 saturated carbocycles. The van der Waals surface area contributed by atoms with Crippen molar-refractivity contribution in [2.24, 2.45) is 0 Å². The van der Waals surface area contributed by atoms with Crippen LogP contribution in [0.4, 0.5) is 0 Å². The molecule has 0 aliphatic heterocycles. The van der Waals surface area contributed by atoms with E-state index in [2.05, 4.69) is 4.98 Å². The Bertz CT molecular complexity index is 644. The molecule has 1 aromatic heterocycles. The van der Waals surface area contributed by atoms with Crippen LogP contribution < -0.4 is 0 Å². The molecule has 19 heavy (non-hydrogen) atoms. The molecule has 2 aromatic rings. The molecular formula is C13H8Cl3NO2. The maximum atomic E-state index is 10.8.